The number of aryl methyl sites for hydroxylation is 1. The second-order valence-corrected chi connectivity index (χ2v) is 13.0. The van der Waals surface area contributed by atoms with E-state index < -0.39 is 10.0 Å². The third-order valence-corrected chi connectivity index (χ3v) is 10.5. The summed E-state index contributed by atoms with van der Waals surface area (Å²) in [6.45, 7) is 2.88. The van der Waals surface area contributed by atoms with Crippen molar-refractivity contribution < 1.29 is 13.2 Å². The lowest BCUT2D eigenvalue weighted by atomic mass is 9.90. The Morgan fingerprint density at radius 1 is 0.973 bits per heavy atom. The van der Waals surface area contributed by atoms with Crippen molar-refractivity contribution in [3.05, 3.63) is 99.7 Å². The molecule has 2 aliphatic rings. The van der Waals surface area contributed by atoms with Crippen LogP contribution in [0.2, 0.25) is 0 Å². The van der Waals surface area contributed by atoms with Gasteiger partial charge in [-0.1, -0.05) is 60.7 Å². The first kappa shape index (κ1) is 24.3. The van der Waals surface area contributed by atoms with Gasteiger partial charge in [0.25, 0.3) is 0 Å². The molecule has 0 N–H and O–H groups in total. The van der Waals surface area contributed by atoms with Gasteiger partial charge in [0.1, 0.15) is 0 Å². The highest BCUT2D eigenvalue weighted by atomic mass is 32.2. The first-order valence-corrected chi connectivity index (χ1v) is 15.1. The summed E-state index contributed by atoms with van der Waals surface area (Å²) >= 11 is 1.73. The Labute approximate surface area is 222 Å². The lowest BCUT2D eigenvalue weighted by Gasteiger charge is -2.38. The summed E-state index contributed by atoms with van der Waals surface area (Å²) in [5.74, 6) is 0.170. The normalized spacial score (nSPS) is 17.8. The third kappa shape index (κ3) is 4.60. The van der Waals surface area contributed by atoms with Gasteiger partial charge in [-0.05, 0) is 71.7 Å². The monoisotopic (exact) mass is 530 g/mol. The summed E-state index contributed by atoms with van der Waals surface area (Å²) in [6, 6.07) is 23.0. The lowest BCUT2D eigenvalue weighted by Crippen LogP contribution is -2.47. The molecule has 4 aromatic rings. The zero-order valence-electron chi connectivity index (χ0n) is 20.8. The van der Waals surface area contributed by atoms with Crippen LogP contribution in [0.4, 0.5) is 0 Å². The average molecular weight is 531 g/mol. The lowest BCUT2D eigenvalue weighted by molar-refractivity contribution is -0.133. The molecule has 190 valence electrons. The summed E-state index contributed by atoms with van der Waals surface area (Å²) in [5.41, 5.74) is 3.38. The van der Waals surface area contributed by atoms with Gasteiger partial charge >= 0.3 is 0 Å². The predicted octanol–water partition coefficient (Wildman–Crippen LogP) is 5.78. The van der Waals surface area contributed by atoms with Gasteiger partial charge in [0.15, 0.2) is 0 Å². The molecule has 6 rings (SSSR count). The van der Waals surface area contributed by atoms with E-state index in [1.165, 1.54) is 9.18 Å². The number of sulfonamides is 1. The van der Waals surface area contributed by atoms with Gasteiger partial charge in [0, 0.05) is 23.4 Å². The minimum atomic E-state index is -3.87. The molecule has 3 aromatic carbocycles. The number of carbonyl (C=O) groups excluding carboxylic acids is 1. The molecule has 5 nitrogen and oxygen atoms in total. The first-order chi connectivity index (χ1) is 17.9. The van der Waals surface area contributed by atoms with E-state index in [2.05, 4.69) is 30.5 Å². The Morgan fingerprint density at radius 3 is 2.54 bits per heavy atom. The summed E-state index contributed by atoms with van der Waals surface area (Å²) < 4.78 is 29.5. The molecule has 7 heteroatoms. The van der Waals surface area contributed by atoms with Gasteiger partial charge in [-0.2, -0.15) is 4.31 Å². The highest BCUT2D eigenvalue weighted by molar-refractivity contribution is 7.89. The number of carbonyl (C=O) groups is 1. The molecule has 1 fully saturated rings. The Bertz CT molecular complexity index is 1570. The minimum absolute atomic E-state index is 0.144. The van der Waals surface area contributed by atoms with Gasteiger partial charge in [-0.25, -0.2) is 8.42 Å². The molecule has 0 bridgehead atoms. The van der Waals surface area contributed by atoms with Crippen molar-refractivity contribution in [2.75, 3.05) is 19.6 Å². The maximum atomic E-state index is 14.0. The standard InChI is InChI=1S/C30H30N2O3S2/c1-21-7-2-4-10-24(21)30-26-16-18-36-27(26)15-17-32(30)29(33)20-31(19-22-13-14-22)37(34,35)28-12-6-9-23-8-3-5-11-25(23)28/h2-12,16,18,22,30H,13-15,17,19-20H2,1H3. The molecular weight excluding hydrogens is 500 g/mol. The molecule has 1 unspecified atom stereocenters. The summed E-state index contributed by atoms with van der Waals surface area (Å²) in [7, 11) is -3.87. The van der Waals surface area contributed by atoms with Gasteiger partial charge in [-0.3, -0.25) is 4.79 Å². The summed E-state index contributed by atoms with van der Waals surface area (Å²) in [6.07, 6.45) is 2.80. The molecule has 1 aliphatic carbocycles. The topological polar surface area (TPSA) is 57.7 Å². The van der Waals surface area contributed by atoms with Crippen LogP contribution < -0.4 is 0 Å². The van der Waals surface area contributed by atoms with Crippen molar-refractivity contribution in [3.63, 3.8) is 0 Å². The van der Waals surface area contributed by atoms with Crippen molar-refractivity contribution in [1.29, 1.82) is 0 Å². The quantitative estimate of drug-likeness (QED) is 0.304. The third-order valence-electron chi connectivity index (χ3n) is 7.61. The van der Waals surface area contributed by atoms with E-state index in [1.807, 2.05) is 47.4 Å². The molecule has 1 saturated carbocycles. The van der Waals surface area contributed by atoms with E-state index in [4.69, 9.17) is 0 Å². The van der Waals surface area contributed by atoms with Crippen LogP contribution in [0.5, 0.6) is 0 Å². The van der Waals surface area contributed by atoms with E-state index >= 15 is 0 Å². The molecule has 37 heavy (non-hydrogen) atoms. The summed E-state index contributed by atoms with van der Waals surface area (Å²) in [5, 5.41) is 3.66. The first-order valence-electron chi connectivity index (χ1n) is 12.8. The molecule has 1 aliphatic heterocycles. The van der Waals surface area contributed by atoms with Crippen LogP contribution in [0.3, 0.4) is 0 Å². The van der Waals surface area contributed by atoms with E-state index in [9.17, 15) is 13.2 Å². The van der Waals surface area contributed by atoms with Gasteiger partial charge in [-0.15, -0.1) is 11.3 Å². The molecule has 2 heterocycles. The SMILES string of the molecule is Cc1ccccc1C1c2ccsc2CCN1C(=O)CN(CC1CC1)S(=O)(=O)c1cccc2ccccc12. The fraction of sp³-hybridized carbons (Fsp3) is 0.300. The number of hydrogen-bond acceptors (Lipinski definition) is 4. The zero-order chi connectivity index (χ0) is 25.6. The highest BCUT2D eigenvalue weighted by Crippen LogP contribution is 2.39. The van der Waals surface area contributed by atoms with Crippen molar-refractivity contribution in [2.24, 2.45) is 5.92 Å². The van der Waals surface area contributed by atoms with Gasteiger partial charge in [0.05, 0.1) is 17.5 Å². The Kier molecular flexibility index (Phi) is 6.39. The number of thiophene rings is 1. The average Bonchev–Trinajstić information content (AvgIpc) is 3.60. The molecule has 0 spiro atoms. The number of rotatable bonds is 7. The van der Waals surface area contributed by atoms with Crippen LogP contribution >= 0.6 is 11.3 Å². The number of nitrogens with zero attached hydrogens (tertiary/aromatic N) is 2. The predicted molar refractivity (Wildman–Crippen MR) is 148 cm³/mol. The fourth-order valence-corrected chi connectivity index (χ4v) is 8.04. The number of benzene rings is 3. The van der Waals surface area contributed by atoms with Gasteiger partial charge in [0.2, 0.25) is 15.9 Å². The van der Waals surface area contributed by atoms with E-state index in [1.54, 1.807) is 23.5 Å². The fourth-order valence-electron chi connectivity index (χ4n) is 5.45. The molecule has 1 amide bonds. The van der Waals surface area contributed by atoms with E-state index in [0.29, 0.717) is 24.4 Å². The smallest absolute Gasteiger partial charge is 0.244 e. The second-order valence-electron chi connectivity index (χ2n) is 10.1. The number of hydrogen-bond donors (Lipinski definition) is 0. The van der Waals surface area contributed by atoms with Gasteiger partial charge < -0.3 is 4.90 Å². The maximum absolute atomic E-state index is 14.0. The highest BCUT2D eigenvalue weighted by Gasteiger charge is 2.38. The van der Waals surface area contributed by atoms with Crippen LogP contribution in [0, 0.1) is 12.8 Å². The van der Waals surface area contributed by atoms with Crippen molar-refractivity contribution in [1.82, 2.24) is 9.21 Å². The zero-order valence-corrected chi connectivity index (χ0v) is 22.5. The van der Waals surface area contributed by atoms with E-state index in [0.717, 1.165) is 41.3 Å². The number of fused-ring (bicyclic) bond motifs is 2. The van der Waals surface area contributed by atoms with Crippen molar-refractivity contribution in [2.45, 2.75) is 37.1 Å². The van der Waals surface area contributed by atoms with Crippen LogP contribution in [0.25, 0.3) is 10.8 Å². The minimum Gasteiger partial charge on any atom is -0.330 e. The largest absolute Gasteiger partial charge is 0.330 e. The van der Waals surface area contributed by atoms with Crippen LogP contribution in [0.1, 0.15) is 40.5 Å². The Morgan fingerprint density at radius 2 is 1.73 bits per heavy atom. The molecular formula is C30H30N2O3S2. The Hall–Kier alpha value is -3.00. The molecule has 0 saturated heterocycles. The van der Waals surface area contributed by atoms with Crippen LogP contribution in [-0.2, 0) is 21.2 Å². The van der Waals surface area contributed by atoms with E-state index in [-0.39, 0.29) is 23.4 Å². The maximum Gasteiger partial charge on any atom is 0.244 e. The second kappa shape index (κ2) is 9.71. The number of amides is 1. The molecule has 1 aromatic heterocycles. The van der Waals surface area contributed by atoms with Crippen molar-refractivity contribution in [3.8, 4) is 0 Å². The van der Waals surface area contributed by atoms with Crippen molar-refractivity contribution >= 4 is 38.0 Å². The van der Waals surface area contributed by atoms with Crippen LogP contribution in [-0.4, -0.2) is 43.2 Å². The molecule has 0 radical (unpaired) electrons. The van der Waals surface area contributed by atoms with Crippen LogP contribution in [0.15, 0.2) is 83.1 Å². The Balaban J connectivity index is 1.36. The molecule has 1 atom stereocenters. The summed E-state index contributed by atoms with van der Waals surface area (Å²) in [4.78, 5) is 17.5.